The van der Waals surface area contributed by atoms with E-state index in [1.165, 1.54) is 12.1 Å². The molecule has 2 amide bonds. The first-order valence-corrected chi connectivity index (χ1v) is 9.24. The molecular formula is C19H27ClN2O4. The predicted molar refractivity (Wildman–Crippen MR) is 100 cm³/mol. The van der Waals surface area contributed by atoms with Crippen molar-refractivity contribution in [3.8, 4) is 5.75 Å². The number of hydrogen-bond donors (Lipinski definition) is 2. The topological polar surface area (TPSA) is 78.9 Å². The van der Waals surface area contributed by atoms with E-state index >= 15 is 0 Å². The first kappa shape index (κ1) is 20.4. The minimum Gasteiger partial charge on any atom is -0.508 e. The second kappa shape index (κ2) is 8.62. The van der Waals surface area contributed by atoms with E-state index in [4.69, 9.17) is 16.3 Å². The average Bonchev–Trinajstić information content (AvgIpc) is 2.54. The number of carbonyl (C=O) groups excluding carboxylic acids is 2. The number of amides is 2. The van der Waals surface area contributed by atoms with E-state index in [0.717, 1.165) is 12.8 Å². The molecule has 1 fully saturated rings. The Labute approximate surface area is 159 Å². The van der Waals surface area contributed by atoms with Crippen LogP contribution in [0.15, 0.2) is 18.2 Å². The number of ether oxygens (including phenoxy) is 1. The normalized spacial score (nSPS) is 17.7. The van der Waals surface area contributed by atoms with Gasteiger partial charge in [0, 0.05) is 24.7 Å². The van der Waals surface area contributed by atoms with Crippen LogP contribution in [0.2, 0.25) is 5.02 Å². The van der Waals surface area contributed by atoms with Crippen molar-refractivity contribution < 1.29 is 19.4 Å². The fraction of sp³-hybridized carbons (Fsp3) is 0.579. The highest BCUT2D eigenvalue weighted by atomic mass is 35.5. The Balaban J connectivity index is 1.85. The van der Waals surface area contributed by atoms with Crippen LogP contribution in [-0.2, 0) is 16.0 Å². The summed E-state index contributed by atoms with van der Waals surface area (Å²) >= 11 is 6.09. The molecule has 0 radical (unpaired) electrons. The molecule has 144 valence electrons. The van der Waals surface area contributed by atoms with Gasteiger partial charge in [-0.1, -0.05) is 17.7 Å². The maximum absolute atomic E-state index is 12.6. The summed E-state index contributed by atoms with van der Waals surface area (Å²) in [6.45, 7) is 7.26. The van der Waals surface area contributed by atoms with Crippen LogP contribution < -0.4 is 5.32 Å². The van der Waals surface area contributed by atoms with Crippen molar-refractivity contribution in [1.82, 2.24) is 10.2 Å². The summed E-state index contributed by atoms with van der Waals surface area (Å²) in [4.78, 5) is 26.2. The summed E-state index contributed by atoms with van der Waals surface area (Å²) in [5.74, 6) is 0.285. The quantitative estimate of drug-likeness (QED) is 0.836. The van der Waals surface area contributed by atoms with Gasteiger partial charge in [0.05, 0.1) is 6.42 Å². The lowest BCUT2D eigenvalue weighted by molar-refractivity contribution is -0.132. The molecule has 0 saturated carbocycles. The molecule has 1 aromatic rings. The van der Waals surface area contributed by atoms with Crippen molar-refractivity contribution in [1.29, 1.82) is 0 Å². The standard InChI is InChI=1S/C19H27ClN2O4/c1-19(2,3)26-18(25)21-11-13-5-4-8-22(12-13)17(24)9-14-6-7-15(23)10-16(14)20/h6-7,10,13,23H,4-5,8-9,11-12H2,1-3H3,(H,21,25)/t13-/m1/s1. The van der Waals surface area contributed by atoms with Crippen LogP contribution in [-0.4, -0.2) is 47.2 Å². The number of rotatable bonds is 4. The Bertz CT molecular complexity index is 657. The van der Waals surface area contributed by atoms with Crippen LogP contribution in [0, 0.1) is 5.92 Å². The first-order valence-electron chi connectivity index (χ1n) is 8.86. The Morgan fingerprint density at radius 3 is 2.77 bits per heavy atom. The van der Waals surface area contributed by atoms with Gasteiger partial charge in [-0.2, -0.15) is 0 Å². The number of piperidine rings is 1. The third-order valence-electron chi connectivity index (χ3n) is 4.18. The summed E-state index contributed by atoms with van der Waals surface area (Å²) in [7, 11) is 0. The van der Waals surface area contributed by atoms with Crippen LogP contribution in [0.1, 0.15) is 39.2 Å². The number of hydrogen-bond acceptors (Lipinski definition) is 4. The van der Waals surface area contributed by atoms with Gasteiger partial charge in [0.25, 0.3) is 0 Å². The number of phenolic OH excluding ortho intramolecular Hbond substituents is 1. The lowest BCUT2D eigenvalue weighted by Gasteiger charge is -2.33. The van der Waals surface area contributed by atoms with Crippen LogP contribution in [0.4, 0.5) is 4.79 Å². The van der Waals surface area contributed by atoms with Crippen molar-refractivity contribution in [2.45, 2.75) is 45.6 Å². The zero-order valence-corrected chi connectivity index (χ0v) is 16.3. The fourth-order valence-corrected chi connectivity index (χ4v) is 3.20. The number of nitrogens with one attached hydrogen (secondary N) is 1. The molecule has 26 heavy (non-hydrogen) atoms. The van der Waals surface area contributed by atoms with Crippen molar-refractivity contribution in [2.24, 2.45) is 5.92 Å². The first-order chi connectivity index (χ1) is 12.1. The minimum absolute atomic E-state index is 0.000409. The number of halogens is 1. The molecule has 0 bridgehead atoms. The highest BCUT2D eigenvalue weighted by molar-refractivity contribution is 6.31. The Morgan fingerprint density at radius 2 is 2.12 bits per heavy atom. The highest BCUT2D eigenvalue weighted by Gasteiger charge is 2.25. The third kappa shape index (κ3) is 6.41. The lowest BCUT2D eigenvalue weighted by Crippen LogP contribution is -2.45. The molecule has 7 heteroatoms. The maximum atomic E-state index is 12.6. The summed E-state index contributed by atoms with van der Waals surface area (Å²) in [5.41, 5.74) is 0.172. The average molecular weight is 383 g/mol. The molecule has 1 atom stereocenters. The predicted octanol–water partition coefficient (Wildman–Crippen LogP) is 3.35. The van der Waals surface area contributed by atoms with Crippen molar-refractivity contribution in [2.75, 3.05) is 19.6 Å². The number of aromatic hydroxyl groups is 1. The van der Waals surface area contributed by atoms with E-state index in [1.807, 2.05) is 25.7 Å². The van der Waals surface area contributed by atoms with Gasteiger partial charge in [-0.3, -0.25) is 4.79 Å². The molecular weight excluding hydrogens is 356 g/mol. The van der Waals surface area contributed by atoms with E-state index in [1.54, 1.807) is 6.07 Å². The molecule has 0 unspecified atom stereocenters. The minimum atomic E-state index is -0.526. The monoisotopic (exact) mass is 382 g/mol. The number of alkyl carbamates (subject to hydrolysis) is 1. The molecule has 0 aromatic heterocycles. The zero-order chi connectivity index (χ0) is 19.3. The van der Waals surface area contributed by atoms with E-state index in [-0.39, 0.29) is 24.0 Å². The molecule has 1 aliphatic rings. The molecule has 1 aliphatic heterocycles. The second-order valence-electron chi connectivity index (χ2n) is 7.68. The second-order valence-corrected chi connectivity index (χ2v) is 8.09. The van der Waals surface area contributed by atoms with Crippen molar-refractivity contribution in [3.05, 3.63) is 28.8 Å². The summed E-state index contributed by atoms with van der Waals surface area (Å²) in [6.07, 6.45) is 1.62. The highest BCUT2D eigenvalue weighted by Crippen LogP contribution is 2.23. The molecule has 1 aromatic carbocycles. The van der Waals surface area contributed by atoms with E-state index in [0.29, 0.717) is 30.2 Å². The van der Waals surface area contributed by atoms with Crippen LogP contribution in [0.25, 0.3) is 0 Å². The Morgan fingerprint density at radius 1 is 1.38 bits per heavy atom. The lowest BCUT2D eigenvalue weighted by atomic mass is 9.97. The Hall–Kier alpha value is -1.95. The third-order valence-corrected chi connectivity index (χ3v) is 4.54. The van der Waals surface area contributed by atoms with Gasteiger partial charge < -0.3 is 20.1 Å². The van der Waals surface area contributed by atoms with Crippen LogP contribution in [0.5, 0.6) is 5.75 Å². The Kier molecular flexibility index (Phi) is 6.75. The molecule has 2 N–H and O–H groups in total. The summed E-state index contributed by atoms with van der Waals surface area (Å²) in [6, 6.07) is 4.63. The number of phenols is 1. The molecule has 1 heterocycles. The molecule has 0 spiro atoms. The van der Waals surface area contributed by atoms with Gasteiger partial charge in [-0.05, 0) is 57.2 Å². The molecule has 0 aliphatic carbocycles. The van der Waals surface area contributed by atoms with Gasteiger partial charge >= 0.3 is 6.09 Å². The van der Waals surface area contributed by atoms with E-state index < -0.39 is 11.7 Å². The molecule has 1 saturated heterocycles. The maximum Gasteiger partial charge on any atom is 0.407 e. The smallest absolute Gasteiger partial charge is 0.407 e. The largest absolute Gasteiger partial charge is 0.508 e. The zero-order valence-electron chi connectivity index (χ0n) is 15.5. The van der Waals surface area contributed by atoms with Gasteiger partial charge in [-0.15, -0.1) is 0 Å². The SMILES string of the molecule is CC(C)(C)OC(=O)NC[C@H]1CCCN(C(=O)Cc2ccc(O)cc2Cl)C1. The molecule has 6 nitrogen and oxygen atoms in total. The molecule has 2 rings (SSSR count). The number of likely N-dealkylation sites (tertiary alicyclic amines) is 1. The van der Waals surface area contributed by atoms with Gasteiger partial charge in [-0.25, -0.2) is 4.79 Å². The van der Waals surface area contributed by atoms with Crippen molar-refractivity contribution >= 4 is 23.6 Å². The number of nitrogens with zero attached hydrogens (tertiary/aromatic N) is 1. The van der Waals surface area contributed by atoms with Gasteiger partial charge in [0.1, 0.15) is 11.4 Å². The van der Waals surface area contributed by atoms with E-state index in [2.05, 4.69) is 5.32 Å². The van der Waals surface area contributed by atoms with Crippen LogP contribution >= 0.6 is 11.6 Å². The fourth-order valence-electron chi connectivity index (χ4n) is 2.95. The van der Waals surface area contributed by atoms with Gasteiger partial charge in [0.2, 0.25) is 5.91 Å². The summed E-state index contributed by atoms with van der Waals surface area (Å²) in [5, 5.41) is 12.6. The van der Waals surface area contributed by atoms with Crippen molar-refractivity contribution in [3.63, 3.8) is 0 Å². The summed E-state index contributed by atoms with van der Waals surface area (Å²) < 4.78 is 5.24. The number of carbonyl (C=O) groups is 2. The van der Waals surface area contributed by atoms with Gasteiger partial charge in [0.15, 0.2) is 0 Å². The number of benzene rings is 1. The van der Waals surface area contributed by atoms with Crippen LogP contribution in [0.3, 0.4) is 0 Å². The van der Waals surface area contributed by atoms with E-state index in [9.17, 15) is 14.7 Å².